The Balaban J connectivity index is 2.17. The summed E-state index contributed by atoms with van der Waals surface area (Å²) in [5.41, 5.74) is 1.44. The molecule has 0 amide bonds. The quantitative estimate of drug-likeness (QED) is 0.857. The third-order valence-electron chi connectivity index (χ3n) is 3.40. The highest BCUT2D eigenvalue weighted by Gasteiger charge is 2.34. The minimum Gasteiger partial charge on any atom is -0.314 e. The molecule has 2 heterocycles. The van der Waals surface area contributed by atoms with Crippen LogP contribution in [0, 0.1) is 6.92 Å². The van der Waals surface area contributed by atoms with Crippen LogP contribution in [0.3, 0.4) is 0 Å². The first-order valence-corrected chi connectivity index (χ1v) is 6.78. The van der Waals surface area contributed by atoms with Crippen molar-refractivity contribution in [1.29, 1.82) is 0 Å². The lowest BCUT2D eigenvalue weighted by atomic mass is 9.97. The molecule has 1 unspecified atom stereocenters. The molecular weight excluding hydrogens is 218 g/mol. The van der Waals surface area contributed by atoms with E-state index in [9.17, 15) is 0 Å². The van der Waals surface area contributed by atoms with E-state index in [2.05, 4.69) is 48.3 Å². The molecule has 0 saturated carbocycles. The Morgan fingerprint density at radius 2 is 2.31 bits per heavy atom. The van der Waals surface area contributed by atoms with Gasteiger partial charge in [0.1, 0.15) is 0 Å². The molecule has 1 N–H and O–H groups in total. The molecule has 1 fully saturated rings. The molecule has 16 heavy (non-hydrogen) atoms. The minimum atomic E-state index is 0.217. The maximum atomic E-state index is 4.61. The molecule has 1 aliphatic heterocycles. The molecule has 1 aliphatic rings. The zero-order chi connectivity index (χ0) is 11.8. The van der Waals surface area contributed by atoms with Crippen molar-refractivity contribution in [2.75, 3.05) is 19.6 Å². The molecule has 0 bridgehead atoms. The van der Waals surface area contributed by atoms with Crippen LogP contribution in [0.1, 0.15) is 37.5 Å². The second kappa shape index (κ2) is 4.43. The number of hydrogen-bond donors (Lipinski definition) is 1. The molecule has 0 spiro atoms. The van der Waals surface area contributed by atoms with Crippen molar-refractivity contribution in [1.82, 2.24) is 15.2 Å². The van der Waals surface area contributed by atoms with Crippen molar-refractivity contribution in [3.8, 4) is 0 Å². The van der Waals surface area contributed by atoms with E-state index in [0.29, 0.717) is 6.04 Å². The zero-order valence-electron chi connectivity index (χ0n) is 10.6. The van der Waals surface area contributed by atoms with Crippen LogP contribution in [0.15, 0.2) is 5.38 Å². The molecule has 1 aromatic rings. The summed E-state index contributed by atoms with van der Waals surface area (Å²) in [6.07, 6.45) is 0. The van der Waals surface area contributed by atoms with Crippen LogP contribution in [0.2, 0.25) is 0 Å². The Bertz CT molecular complexity index is 359. The van der Waals surface area contributed by atoms with Crippen LogP contribution < -0.4 is 5.32 Å². The normalized spacial score (nSPS) is 23.2. The number of rotatable bonds is 2. The molecule has 0 aromatic carbocycles. The van der Waals surface area contributed by atoms with Crippen molar-refractivity contribution in [3.05, 3.63) is 16.1 Å². The highest BCUT2D eigenvalue weighted by molar-refractivity contribution is 7.09. The van der Waals surface area contributed by atoms with Gasteiger partial charge in [0.25, 0.3) is 0 Å². The van der Waals surface area contributed by atoms with E-state index in [4.69, 9.17) is 0 Å². The standard InChI is InChI=1S/C12H21N3S/c1-9(11-7-16-10(2)14-11)15-6-5-13-8-12(15,3)4/h7,9,13H,5-6,8H2,1-4H3. The molecule has 0 radical (unpaired) electrons. The van der Waals surface area contributed by atoms with E-state index < -0.39 is 0 Å². The van der Waals surface area contributed by atoms with Crippen molar-refractivity contribution in [2.24, 2.45) is 0 Å². The van der Waals surface area contributed by atoms with E-state index in [-0.39, 0.29) is 5.54 Å². The van der Waals surface area contributed by atoms with Crippen molar-refractivity contribution < 1.29 is 0 Å². The lowest BCUT2D eigenvalue weighted by Gasteiger charge is -2.45. The second-order valence-electron chi connectivity index (χ2n) is 5.15. The van der Waals surface area contributed by atoms with E-state index in [1.807, 2.05) is 0 Å². The van der Waals surface area contributed by atoms with E-state index >= 15 is 0 Å². The van der Waals surface area contributed by atoms with Crippen LogP contribution in [-0.2, 0) is 0 Å². The van der Waals surface area contributed by atoms with Crippen LogP contribution in [-0.4, -0.2) is 35.1 Å². The summed E-state index contributed by atoms with van der Waals surface area (Å²) in [5, 5.41) is 6.81. The first kappa shape index (κ1) is 12.0. The molecule has 3 nitrogen and oxygen atoms in total. The van der Waals surface area contributed by atoms with Gasteiger partial charge in [-0.2, -0.15) is 0 Å². The van der Waals surface area contributed by atoms with Gasteiger partial charge in [-0.15, -0.1) is 11.3 Å². The molecule has 1 atom stereocenters. The maximum absolute atomic E-state index is 4.61. The number of thiazole rings is 1. The number of aryl methyl sites for hydroxylation is 1. The number of aromatic nitrogens is 1. The average Bonchev–Trinajstić information content (AvgIpc) is 2.63. The third-order valence-corrected chi connectivity index (χ3v) is 4.19. The van der Waals surface area contributed by atoms with E-state index in [1.54, 1.807) is 11.3 Å². The Hall–Kier alpha value is -0.450. The lowest BCUT2D eigenvalue weighted by molar-refractivity contribution is 0.0502. The van der Waals surface area contributed by atoms with Crippen molar-refractivity contribution in [2.45, 2.75) is 39.3 Å². The minimum absolute atomic E-state index is 0.217. The number of nitrogens with zero attached hydrogens (tertiary/aromatic N) is 2. The van der Waals surface area contributed by atoms with Gasteiger partial charge < -0.3 is 5.32 Å². The molecule has 90 valence electrons. The van der Waals surface area contributed by atoms with Gasteiger partial charge in [-0.25, -0.2) is 4.98 Å². The highest BCUT2D eigenvalue weighted by Crippen LogP contribution is 2.29. The van der Waals surface area contributed by atoms with Crippen molar-refractivity contribution >= 4 is 11.3 Å². The predicted molar refractivity (Wildman–Crippen MR) is 68.9 cm³/mol. The summed E-state index contributed by atoms with van der Waals surface area (Å²) < 4.78 is 0. The first-order chi connectivity index (χ1) is 7.50. The van der Waals surface area contributed by atoms with Gasteiger partial charge in [0.05, 0.1) is 16.7 Å². The molecule has 4 heteroatoms. The van der Waals surface area contributed by atoms with E-state index in [1.165, 1.54) is 5.69 Å². The van der Waals surface area contributed by atoms with E-state index in [0.717, 1.165) is 24.6 Å². The van der Waals surface area contributed by atoms with Gasteiger partial charge >= 0.3 is 0 Å². The van der Waals surface area contributed by atoms with Crippen LogP contribution in [0.4, 0.5) is 0 Å². The predicted octanol–water partition coefficient (Wildman–Crippen LogP) is 2.20. The Morgan fingerprint density at radius 3 is 2.88 bits per heavy atom. The molecule has 1 aromatic heterocycles. The summed E-state index contributed by atoms with van der Waals surface area (Å²) in [4.78, 5) is 7.16. The fraction of sp³-hybridized carbons (Fsp3) is 0.750. The molecule has 2 rings (SSSR count). The SMILES string of the molecule is Cc1nc(C(C)N2CCNCC2(C)C)cs1. The Kier molecular flexibility index (Phi) is 3.33. The summed E-state index contributed by atoms with van der Waals surface area (Å²) in [7, 11) is 0. The van der Waals surface area contributed by atoms with Crippen LogP contribution in [0.25, 0.3) is 0 Å². The summed E-state index contributed by atoms with van der Waals surface area (Å²) in [5.74, 6) is 0. The molecule has 1 saturated heterocycles. The Morgan fingerprint density at radius 1 is 1.56 bits per heavy atom. The first-order valence-electron chi connectivity index (χ1n) is 5.90. The third kappa shape index (κ3) is 2.29. The van der Waals surface area contributed by atoms with Crippen molar-refractivity contribution in [3.63, 3.8) is 0 Å². The van der Waals surface area contributed by atoms with Gasteiger partial charge in [-0.1, -0.05) is 0 Å². The Labute approximate surface area is 102 Å². The maximum Gasteiger partial charge on any atom is 0.0898 e. The largest absolute Gasteiger partial charge is 0.314 e. The number of nitrogens with one attached hydrogen (secondary N) is 1. The summed E-state index contributed by atoms with van der Waals surface area (Å²) in [6, 6.07) is 0.419. The van der Waals surface area contributed by atoms with Gasteiger partial charge in [0.15, 0.2) is 0 Å². The van der Waals surface area contributed by atoms with Gasteiger partial charge in [-0.3, -0.25) is 4.90 Å². The average molecular weight is 239 g/mol. The zero-order valence-corrected chi connectivity index (χ0v) is 11.4. The van der Waals surface area contributed by atoms with Crippen LogP contribution >= 0.6 is 11.3 Å². The van der Waals surface area contributed by atoms with Crippen LogP contribution in [0.5, 0.6) is 0 Å². The second-order valence-corrected chi connectivity index (χ2v) is 6.21. The topological polar surface area (TPSA) is 28.2 Å². The van der Waals surface area contributed by atoms with Gasteiger partial charge in [-0.05, 0) is 27.7 Å². The highest BCUT2D eigenvalue weighted by atomic mass is 32.1. The summed E-state index contributed by atoms with van der Waals surface area (Å²) >= 11 is 1.74. The molecule has 0 aliphatic carbocycles. The van der Waals surface area contributed by atoms with Gasteiger partial charge in [0, 0.05) is 30.6 Å². The fourth-order valence-corrected chi connectivity index (χ4v) is 3.15. The number of hydrogen-bond acceptors (Lipinski definition) is 4. The molecular formula is C12H21N3S. The monoisotopic (exact) mass is 239 g/mol. The lowest BCUT2D eigenvalue weighted by Crippen LogP contribution is -2.58. The number of piperazine rings is 1. The smallest absolute Gasteiger partial charge is 0.0898 e. The summed E-state index contributed by atoms with van der Waals surface area (Å²) in [6.45, 7) is 12.2. The van der Waals surface area contributed by atoms with Gasteiger partial charge in [0.2, 0.25) is 0 Å². The fourth-order valence-electron chi connectivity index (χ4n) is 2.45.